The minimum absolute atomic E-state index is 0.234. The predicted octanol–water partition coefficient (Wildman–Crippen LogP) is 11.1. The molecular formula is C36H56F2O. The Kier molecular flexibility index (Phi) is 10.8. The number of hydrogen-bond acceptors (Lipinski definition) is 1. The van der Waals surface area contributed by atoms with Gasteiger partial charge < -0.3 is 4.74 Å². The largest absolute Gasteiger partial charge is 0.368 e. The first kappa shape index (κ1) is 29.5. The summed E-state index contributed by atoms with van der Waals surface area (Å²) in [6.07, 6.45) is 27.4. The van der Waals surface area contributed by atoms with E-state index in [1.807, 2.05) is 13.0 Å². The molecule has 5 rings (SSSR count). The Morgan fingerprint density at radius 1 is 0.667 bits per heavy atom. The molecule has 0 aromatic heterocycles. The van der Waals surface area contributed by atoms with Gasteiger partial charge in [0.2, 0.25) is 0 Å². The lowest BCUT2D eigenvalue weighted by atomic mass is 9.67. The number of hydrogen-bond donors (Lipinski definition) is 0. The van der Waals surface area contributed by atoms with E-state index in [2.05, 4.69) is 6.92 Å². The van der Waals surface area contributed by atoms with Gasteiger partial charge in [0.05, 0.1) is 6.61 Å². The summed E-state index contributed by atoms with van der Waals surface area (Å²) in [5.41, 5.74) is 1.89. The van der Waals surface area contributed by atoms with Crippen molar-refractivity contribution >= 4 is 0 Å². The lowest BCUT2D eigenvalue weighted by Crippen LogP contribution is -2.26. The first-order chi connectivity index (χ1) is 19.0. The Hall–Kier alpha value is -0.960. The Morgan fingerprint density at radius 3 is 1.67 bits per heavy atom. The molecule has 1 aromatic rings. The molecular weight excluding hydrogens is 486 g/mol. The number of epoxide rings is 1. The summed E-state index contributed by atoms with van der Waals surface area (Å²) in [4.78, 5) is 0. The van der Waals surface area contributed by atoms with Crippen LogP contribution in [0, 0.1) is 54.1 Å². The van der Waals surface area contributed by atoms with Gasteiger partial charge in [-0.1, -0.05) is 96.8 Å². The van der Waals surface area contributed by atoms with Crippen LogP contribution in [0.1, 0.15) is 152 Å². The van der Waals surface area contributed by atoms with Crippen LogP contribution in [0.2, 0.25) is 0 Å². The van der Waals surface area contributed by atoms with E-state index < -0.39 is 11.6 Å². The zero-order chi connectivity index (χ0) is 27.2. The topological polar surface area (TPSA) is 12.5 Å². The van der Waals surface area contributed by atoms with E-state index >= 15 is 0 Å². The second-order valence-corrected chi connectivity index (χ2v) is 14.3. The van der Waals surface area contributed by atoms with Crippen molar-refractivity contribution in [3.63, 3.8) is 0 Å². The van der Waals surface area contributed by atoms with Crippen molar-refractivity contribution in [2.24, 2.45) is 35.5 Å². The van der Waals surface area contributed by atoms with Gasteiger partial charge in [0, 0.05) is 5.56 Å². The normalized spacial score (nSPS) is 33.3. The molecule has 39 heavy (non-hydrogen) atoms. The number of unbranched alkanes of at least 4 members (excludes halogenated alkanes) is 2. The van der Waals surface area contributed by atoms with Crippen LogP contribution < -0.4 is 0 Å². The molecule has 0 spiro atoms. The highest BCUT2D eigenvalue weighted by Crippen LogP contribution is 2.44. The molecule has 1 atom stereocenters. The van der Waals surface area contributed by atoms with Crippen molar-refractivity contribution in [2.45, 2.75) is 148 Å². The molecule has 1 heterocycles. The number of benzene rings is 1. The van der Waals surface area contributed by atoms with Crippen molar-refractivity contribution in [1.29, 1.82) is 0 Å². The highest BCUT2D eigenvalue weighted by Gasteiger charge is 2.33. The number of aryl methyl sites for hydroxylation is 1. The van der Waals surface area contributed by atoms with Crippen molar-refractivity contribution in [1.82, 2.24) is 0 Å². The van der Waals surface area contributed by atoms with Crippen molar-refractivity contribution < 1.29 is 13.5 Å². The van der Waals surface area contributed by atoms with E-state index in [0.717, 1.165) is 41.6 Å². The first-order valence-electron chi connectivity index (χ1n) is 17.1. The fourth-order valence-electron chi connectivity index (χ4n) is 8.79. The van der Waals surface area contributed by atoms with Gasteiger partial charge in [-0.15, -0.1) is 0 Å². The predicted molar refractivity (Wildman–Crippen MR) is 158 cm³/mol. The van der Waals surface area contributed by atoms with E-state index in [1.54, 1.807) is 0 Å². The molecule has 3 aliphatic carbocycles. The SMILES string of the molecule is CCCCCC1CCC(CCC2CCC(C3CCC(CCc4c(C)cc(C5CO5)c(F)c4F)CC3)CC2)CC1. The average molecular weight is 543 g/mol. The zero-order valence-electron chi connectivity index (χ0n) is 25.1. The number of ether oxygens (including phenoxy) is 1. The lowest BCUT2D eigenvalue weighted by molar-refractivity contribution is 0.136. The van der Waals surface area contributed by atoms with Gasteiger partial charge in [-0.2, -0.15) is 0 Å². The van der Waals surface area contributed by atoms with Gasteiger partial charge in [-0.05, 0) is 98.1 Å². The van der Waals surface area contributed by atoms with Crippen LogP contribution in [0.5, 0.6) is 0 Å². The monoisotopic (exact) mass is 542 g/mol. The smallest absolute Gasteiger partial charge is 0.165 e. The highest BCUT2D eigenvalue weighted by atomic mass is 19.2. The van der Waals surface area contributed by atoms with Crippen LogP contribution in [0.3, 0.4) is 0 Å². The summed E-state index contributed by atoms with van der Waals surface area (Å²) in [6.45, 7) is 4.76. The van der Waals surface area contributed by atoms with Crippen LogP contribution in [-0.4, -0.2) is 6.61 Å². The Bertz CT molecular complexity index is 884. The first-order valence-corrected chi connectivity index (χ1v) is 17.1. The summed E-state index contributed by atoms with van der Waals surface area (Å²) in [5, 5.41) is 0. The van der Waals surface area contributed by atoms with Gasteiger partial charge >= 0.3 is 0 Å². The molecule has 0 N–H and O–H groups in total. The van der Waals surface area contributed by atoms with Gasteiger partial charge in [0.15, 0.2) is 11.6 Å². The quantitative estimate of drug-likeness (QED) is 0.189. The molecule has 1 unspecified atom stereocenters. The average Bonchev–Trinajstić information content (AvgIpc) is 3.81. The van der Waals surface area contributed by atoms with Crippen molar-refractivity contribution in [3.8, 4) is 0 Å². The van der Waals surface area contributed by atoms with E-state index in [0.29, 0.717) is 30.1 Å². The van der Waals surface area contributed by atoms with Gasteiger partial charge in [-0.25, -0.2) is 8.78 Å². The minimum atomic E-state index is -0.678. The van der Waals surface area contributed by atoms with Crippen LogP contribution in [-0.2, 0) is 11.2 Å². The summed E-state index contributed by atoms with van der Waals surface area (Å²) < 4.78 is 34.5. The molecule has 1 saturated heterocycles. The molecule has 220 valence electrons. The molecule has 1 nitrogen and oxygen atoms in total. The lowest BCUT2D eigenvalue weighted by Gasteiger charge is -2.38. The van der Waals surface area contributed by atoms with Gasteiger partial charge in [0.25, 0.3) is 0 Å². The van der Waals surface area contributed by atoms with Crippen LogP contribution >= 0.6 is 0 Å². The Morgan fingerprint density at radius 2 is 1.15 bits per heavy atom. The number of halogens is 2. The third-order valence-corrected chi connectivity index (χ3v) is 11.7. The standard InChI is InChI=1S/C36H56F2O/c1-3-4-5-6-26-7-9-27(10-8-26)11-12-28-13-18-30(19-14-28)31-20-15-29(16-21-31)17-22-32-25(2)23-33(34-24-39-34)36(38)35(32)37/h23,26-31,34H,3-22,24H2,1-2H3. The Labute approximate surface area is 238 Å². The van der Waals surface area contributed by atoms with Gasteiger partial charge in [0.1, 0.15) is 6.10 Å². The molecule has 0 bridgehead atoms. The molecule has 0 amide bonds. The van der Waals surface area contributed by atoms with Crippen molar-refractivity contribution in [3.05, 3.63) is 34.4 Å². The second-order valence-electron chi connectivity index (χ2n) is 14.3. The van der Waals surface area contributed by atoms with Crippen LogP contribution in [0.4, 0.5) is 8.78 Å². The molecule has 4 fully saturated rings. The van der Waals surface area contributed by atoms with E-state index in [4.69, 9.17) is 4.74 Å². The maximum Gasteiger partial charge on any atom is 0.165 e. The summed E-state index contributed by atoms with van der Waals surface area (Å²) >= 11 is 0. The van der Waals surface area contributed by atoms with E-state index in [-0.39, 0.29) is 6.10 Å². The minimum Gasteiger partial charge on any atom is -0.368 e. The van der Waals surface area contributed by atoms with Crippen LogP contribution in [0.25, 0.3) is 0 Å². The Balaban J connectivity index is 0.962. The maximum atomic E-state index is 14.8. The van der Waals surface area contributed by atoms with Crippen molar-refractivity contribution in [2.75, 3.05) is 6.61 Å². The highest BCUT2D eigenvalue weighted by molar-refractivity contribution is 5.36. The fraction of sp³-hybridized carbons (Fsp3) is 0.833. The van der Waals surface area contributed by atoms with E-state index in [9.17, 15) is 8.78 Å². The molecule has 1 aliphatic heterocycles. The third kappa shape index (κ3) is 8.08. The molecule has 0 radical (unpaired) electrons. The summed E-state index contributed by atoms with van der Waals surface area (Å²) in [7, 11) is 0. The maximum absolute atomic E-state index is 14.8. The number of rotatable bonds is 12. The molecule has 1 aromatic carbocycles. The van der Waals surface area contributed by atoms with E-state index in [1.165, 1.54) is 116 Å². The molecule has 3 heteroatoms. The molecule has 4 aliphatic rings. The van der Waals surface area contributed by atoms with Gasteiger partial charge in [-0.3, -0.25) is 0 Å². The summed E-state index contributed by atoms with van der Waals surface area (Å²) in [5.74, 6) is 4.30. The van der Waals surface area contributed by atoms with Crippen LogP contribution in [0.15, 0.2) is 6.07 Å². The summed E-state index contributed by atoms with van der Waals surface area (Å²) in [6, 6.07) is 1.82. The fourth-order valence-corrected chi connectivity index (χ4v) is 8.79. The zero-order valence-corrected chi connectivity index (χ0v) is 25.1. The second kappa shape index (κ2) is 14.3. The molecule has 3 saturated carbocycles. The third-order valence-electron chi connectivity index (χ3n) is 11.7.